The normalized spacial score (nSPS) is 11.2. The fourth-order valence-corrected chi connectivity index (χ4v) is 3.98. The van der Waals surface area contributed by atoms with Crippen LogP contribution in [0.2, 0.25) is 4.34 Å². The molecule has 1 heterocycles. The van der Waals surface area contributed by atoms with Crippen LogP contribution in [0.3, 0.4) is 0 Å². The lowest BCUT2D eigenvalue weighted by Gasteiger charge is -2.08. The van der Waals surface area contributed by atoms with E-state index in [1.807, 2.05) is 4.72 Å². The lowest BCUT2D eigenvalue weighted by atomic mass is 10.2. The van der Waals surface area contributed by atoms with E-state index in [0.29, 0.717) is 0 Å². The van der Waals surface area contributed by atoms with Crippen LogP contribution in [0.25, 0.3) is 0 Å². The molecule has 0 unspecified atom stereocenters. The number of benzene rings is 1. The van der Waals surface area contributed by atoms with Gasteiger partial charge in [-0.2, -0.15) is 0 Å². The van der Waals surface area contributed by atoms with Gasteiger partial charge in [0.25, 0.3) is 15.7 Å². The molecular weight excluding hydrogens is 328 g/mol. The number of nitrogens with one attached hydrogen (secondary N) is 1. The number of halogens is 1. The molecule has 1 aromatic heterocycles. The van der Waals surface area contributed by atoms with Gasteiger partial charge in [0.1, 0.15) is 9.96 Å². The monoisotopic (exact) mass is 334 g/mol. The number of aromatic hydroxyl groups is 1. The Labute approximate surface area is 122 Å². The molecule has 0 amide bonds. The first-order chi connectivity index (χ1) is 9.31. The van der Waals surface area contributed by atoms with Gasteiger partial charge in [-0.3, -0.25) is 14.8 Å². The molecule has 0 atom stereocenters. The minimum Gasteiger partial charge on any atom is -0.505 e. The predicted octanol–water partition coefficient (Wildman–Crippen LogP) is 2.82. The van der Waals surface area contributed by atoms with E-state index in [4.69, 9.17) is 11.6 Å². The van der Waals surface area contributed by atoms with Crippen LogP contribution < -0.4 is 4.72 Å². The van der Waals surface area contributed by atoms with Crippen molar-refractivity contribution >= 4 is 44.3 Å². The summed E-state index contributed by atoms with van der Waals surface area (Å²) in [5.74, 6) is -0.537. The van der Waals surface area contributed by atoms with E-state index in [9.17, 15) is 23.6 Å². The summed E-state index contributed by atoms with van der Waals surface area (Å²) >= 11 is 6.45. The number of phenols is 1. The smallest absolute Gasteiger partial charge is 0.297 e. The maximum absolute atomic E-state index is 12.0. The zero-order chi connectivity index (χ0) is 14.9. The Morgan fingerprint density at radius 2 is 2.00 bits per heavy atom. The Hall–Kier alpha value is -1.84. The van der Waals surface area contributed by atoms with Crippen molar-refractivity contribution < 1.29 is 18.4 Å². The Bertz CT molecular complexity index is 772. The molecular formula is C10H7ClN2O5S2. The molecule has 7 nitrogen and oxygen atoms in total. The summed E-state index contributed by atoms with van der Waals surface area (Å²) in [4.78, 5) is 10.0. The summed E-state index contributed by atoms with van der Waals surface area (Å²) in [6, 6.07) is 6.12. The van der Waals surface area contributed by atoms with Gasteiger partial charge in [-0.15, -0.1) is 11.3 Å². The number of phenolic OH excluding ortho intramolecular Hbond substituents is 1. The third-order valence-electron chi connectivity index (χ3n) is 2.27. The van der Waals surface area contributed by atoms with E-state index in [-0.39, 0.29) is 8.55 Å². The summed E-state index contributed by atoms with van der Waals surface area (Å²) in [5.41, 5.74) is -1.03. The van der Waals surface area contributed by atoms with Gasteiger partial charge in [0.15, 0.2) is 5.69 Å². The van der Waals surface area contributed by atoms with E-state index in [2.05, 4.69) is 0 Å². The molecule has 0 aliphatic rings. The molecule has 0 bridgehead atoms. The molecule has 0 saturated carbocycles. The lowest BCUT2D eigenvalue weighted by Crippen LogP contribution is -2.12. The molecule has 0 radical (unpaired) electrons. The summed E-state index contributed by atoms with van der Waals surface area (Å²) < 4.78 is 26.2. The molecule has 2 N–H and O–H groups in total. The Balaban J connectivity index is 2.47. The largest absolute Gasteiger partial charge is 0.505 e. The van der Waals surface area contributed by atoms with Crippen molar-refractivity contribution in [2.45, 2.75) is 4.21 Å². The SMILES string of the molecule is O=[N+]([O-])c1cccc(O)c1NS(=O)(=O)c1ccc(Cl)s1. The highest BCUT2D eigenvalue weighted by molar-refractivity contribution is 7.94. The maximum Gasteiger partial charge on any atom is 0.297 e. The van der Waals surface area contributed by atoms with Crippen molar-refractivity contribution in [3.8, 4) is 5.75 Å². The van der Waals surface area contributed by atoms with Gasteiger partial charge in [-0.05, 0) is 18.2 Å². The second kappa shape index (κ2) is 5.27. The first-order valence-electron chi connectivity index (χ1n) is 5.06. The van der Waals surface area contributed by atoms with Crippen molar-refractivity contribution in [3.63, 3.8) is 0 Å². The van der Waals surface area contributed by atoms with Gasteiger partial charge in [0.2, 0.25) is 0 Å². The number of hydrogen-bond donors (Lipinski definition) is 2. The maximum atomic E-state index is 12.0. The second-order valence-corrected chi connectivity index (χ2v) is 7.22. The van der Waals surface area contributed by atoms with Gasteiger partial charge in [0.05, 0.1) is 9.26 Å². The van der Waals surface area contributed by atoms with Gasteiger partial charge >= 0.3 is 0 Å². The molecule has 2 aromatic rings. The van der Waals surface area contributed by atoms with E-state index in [1.54, 1.807) is 0 Å². The molecule has 0 aliphatic heterocycles. The number of nitrogens with zero attached hydrogens (tertiary/aromatic N) is 1. The van der Waals surface area contributed by atoms with Crippen molar-refractivity contribution in [2.75, 3.05) is 4.72 Å². The highest BCUT2D eigenvalue weighted by Crippen LogP contribution is 2.36. The molecule has 0 fully saturated rings. The zero-order valence-corrected chi connectivity index (χ0v) is 12.0. The minimum atomic E-state index is -4.05. The number of sulfonamides is 1. The predicted molar refractivity (Wildman–Crippen MR) is 74.9 cm³/mol. The number of nitro benzene ring substituents is 1. The summed E-state index contributed by atoms with van der Waals surface area (Å²) in [6.07, 6.45) is 0. The Morgan fingerprint density at radius 3 is 2.55 bits per heavy atom. The fourth-order valence-electron chi connectivity index (χ4n) is 1.41. The van der Waals surface area contributed by atoms with Crippen LogP contribution in [0.5, 0.6) is 5.75 Å². The zero-order valence-electron chi connectivity index (χ0n) is 9.61. The summed E-state index contributed by atoms with van der Waals surface area (Å²) in [6.45, 7) is 0. The standard InChI is InChI=1S/C10H7ClN2O5S2/c11-8-4-5-9(19-8)20(17,18)12-10-6(13(15)16)2-1-3-7(10)14/h1-5,12,14H. The molecule has 0 aliphatic carbocycles. The Kier molecular flexibility index (Phi) is 3.84. The fraction of sp³-hybridized carbons (Fsp3) is 0. The number of hydrogen-bond acceptors (Lipinski definition) is 6. The molecule has 106 valence electrons. The second-order valence-electron chi connectivity index (χ2n) is 3.59. The van der Waals surface area contributed by atoms with Crippen LogP contribution in [0.1, 0.15) is 0 Å². The topological polar surface area (TPSA) is 110 Å². The van der Waals surface area contributed by atoms with Crippen molar-refractivity contribution in [1.82, 2.24) is 0 Å². The first-order valence-corrected chi connectivity index (χ1v) is 7.73. The third-order valence-corrected chi connectivity index (χ3v) is 5.34. The average molecular weight is 335 g/mol. The molecule has 2 rings (SSSR count). The van der Waals surface area contributed by atoms with Gasteiger partial charge < -0.3 is 5.11 Å². The number of anilines is 1. The summed E-state index contributed by atoms with van der Waals surface area (Å²) in [5, 5.41) is 20.4. The van der Waals surface area contributed by atoms with Crippen LogP contribution >= 0.6 is 22.9 Å². The third kappa shape index (κ3) is 2.84. The molecule has 0 saturated heterocycles. The summed E-state index contributed by atoms with van der Waals surface area (Å²) in [7, 11) is -4.05. The minimum absolute atomic E-state index is 0.111. The van der Waals surface area contributed by atoms with Gasteiger partial charge in [-0.1, -0.05) is 17.7 Å². The van der Waals surface area contributed by atoms with E-state index in [0.717, 1.165) is 23.5 Å². The molecule has 0 spiro atoms. The number of nitro groups is 1. The van der Waals surface area contributed by atoms with Crippen LogP contribution in [0, 0.1) is 10.1 Å². The number of rotatable bonds is 4. The highest BCUT2D eigenvalue weighted by atomic mass is 35.5. The van der Waals surface area contributed by atoms with Crippen LogP contribution in [0.4, 0.5) is 11.4 Å². The van der Waals surface area contributed by atoms with Gasteiger partial charge in [-0.25, -0.2) is 8.42 Å². The van der Waals surface area contributed by atoms with Gasteiger partial charge in [0, 0.05) is 6.07 Å². The van der Waals surface area contributed by atoms with E-state index < -0.39 is 32.1 Å². The molecule has 20 heavy (non-hydrogen) atoms. The van der Waals surface area contributed by atoms with Crippen molar-refractivity contribution in [3.05, 3.63) is 44.8 Å². The lowest BCUT2D eigenvalue weighted by molar-refractivity contribution is -0.383. The van der Waals surface area contributed by atoms with E-state index in [1.165, 1.54) is 18.2 Å². The van der Waals surface area contributed by atoms with Crippen LogP contribution in [-0.2, 0) is 10.0 Å². The molecule has 10 heteroatoms. The van der Waals surface area contributed by atoms with Crippen LogP contribution in [-0.4, -0.2) is 18.4 Å². The highest BCUT2D eigenvalue weighted by Gasteiger charge is 2.24. The van der Waals surface area contributed by atoms with Crippen molar-refractivity contribution in [2.24, 2.45) is 0 Å². The average Bonchev–Trinajstić information content (AvgIpc) is 2.79. The quantitative estimate of drug-likeness (QED) is 0.507. The Morgan fingerprint density at radius 1 is 1.30 bits per heavy atom. The number of para-hydroxylation sites is 1. The van der Waals surface area contributed by atoms with Crippen molar-refractivity contribution in [1.29, 1.82) is 0 Å². The number of thiophene rings is 1. The van der Waals surface area contributed by atoms with E-state index >= 15 is 0 Å². The first kappa shape index (κ1) is 14.6. The van der Waals surface area contributed by atoms with Crippen LogP contribution in [0.15, 0.2) is 34.5 Å². The molecule has 1 aromatic carbocycles.